The van der Waals surface area contributed by atoms with Gasteiger partial charge in [0.25, 0.3) is 5.91 Å². The SMILES string of the molecule is Cc1cccc(C[C@@H](CN)NC(=O)c2cc(-c3c(Cl)cnn3C)c(Cl)s2)c1. The van der Waals surface area contributed by atoms with Gasteiger partial charge in [-0.1, -0.05) is 53.0 Å². The number of halogens is 2. The number of hydrogen-bond donors (Lipinski definition) is 2. The summed E-state index contributed by atoms with van der Waals surface area (Å²) in [6.07, 6.45) is 2.22. The Kier molecular flexibility index (Phi) is 6.22. The quantitative estimate of drug-likeness (QED) is 0.628. The van der Waals surface area contributed by atoms with Crippen molar-refractivity contribution in [1.82, 2.24) is 15.1 Å². The number of hydrogen-bond acceptors (Lipinski definition) is 4. The Bertz CT molecular complexity index is 947. The zero-order valence-electron chi connectivity index (χ0n) is 15.0. The third kappa shape index (κ3) is 4.52. The Morgan fingerprint density at radius 3 is 2.78 bits per heavy atom. The first-order chi connectivity index (χ1) is 12.9. The van der Waals surface area contributed by atoms with Gasteiger partial charge in [0.15, 0.2) is 0 Å². The van der Waals surface area contributed by atoms with Crippen LogP contribution in [0.4, 0.5) is 0 Å². The molecule has 0 aliphatic heterocycles. The first-order valence-corrected chi connectivity index (χ1v) is 10.00. The van der Waals surface area contributed by atoms with E-state index in [-0.39, 0.29) is 11.9 Å². The molecule has 0 radical (unpaired) electrons. The fourth-order valence-corrected chi connectivity index (χ4v) is 4.38. The van der Waals surface area contributed by atoms with Crippen molar-refractivity contribution in [2.24, 2.45) is 12.8 Å². The van der Waals surface area contributed by atoms with Crippen molar-refractivity contribution in [3.05, 3.63) is 61.9 Å². The Morgan fingerprint density at radius 1 is 1.37 bits per heavy atom. The number of carbonyl (C=O) groups is 1. The molecule has 2 aromatic heterocycles. The molecule has 0 fully saturated rings. The number of thiophene rings is 1. The van der Waals surface area contributed by atoms with E-state index in [9.17, 15) is 4.79 Å². The van der Waals surface area contributed by atoms with Crippen LogP contribution >= 0.6 is 34.5 Å². The maximum atomic E-state index is 12.7. The third-order valence-electron chi connectivity index (χ3n) is 4.24. The van der Waals surface area contributed by atoms with Gasteiger partial charge in [-0.25, -0.2) is 0 Å². The van der Waals surface area contributed by atoms with Crippen molar-refractivity contribution in [1.29, 1.82) is 0 Å². The highest BCUT2D eigenvalue weighted by molar-refractivity contribution is 7.18. The molecule has 3 rings (SSSR count). The molecule has 0 aliphatic carbocycles. The molecule has 0 saturated heterocycles. The average Bonchev–Trinajstić information content (AvgIpc) is 3.16. The van der Waals surface area contributed by atoms with Crippen molar-refractivity contribution in [3.8, 4) is 11.3 Å². The first-order valence-electron chi connectivity index (χ1n) is 8.42. The number of benzene rings is 1. The lowest BCUT2D eigenvalue weighted by molar-refractivity contribution is 0.0942. The molecule has 8 heteroatoms. The Morgan fingerprint density at radius 2 is 2.15 bits per heavy atom. The van der Waals surface area contributed by atoms with E-state index in [0.29, 0.717) is 38.5 Å². The highest BCUT2D eigenvalue weighted by Gasteiger charge is 2.21. The molecule has 0 bridgehead atoms. The van der Waals surface area contributed by atoms with Crippen LogP contribution in [-0.2, 0) is 13.5 Å². The van der Waals surface area contributed by atoms with Gasteiger partial charge in [-0.3, -0.25) is 9.48 Å². The number of rotatable bonds is 6. The maximum Gasteiger partial charge on any atom is 0.261 e. The van der Waals surface area contributed by atoms with Crippen molar-refractivity contribution >= 4 is 40.4 Å². The Labute approximate surface area is 172 Å². The summed E-state index contributed by atoms with van der Waals surface area (Å²) >= 11 is 13.8. The zero-order chi connectivity index (χ0) is 19.6. The second-order valence-corrected chi connectivity index (χ2v) is 8.42. The number of carbonyl (C=O) groups excluding carboxylic acids is 1. The smallest absolute Gasteiger partial charge is 0.261 e. The third-order valence-corrected chi connectivity index (χ3v) is 5.88. The molecule has 5 nitrogen and oxygen atoms in total. The number of nitrogens with two attached hydrogens (primary N) is 1. The predicted octanol–water partition coefficient (Wildman–Crippen LogP) is 4.06. The van der Waals surface area contributed by atoms with E-state index < -0.39 is 0 Å². The largest absolute Gasteiger partial charge is 0.347 e. The minimum atomic E-state index is -0.199. The molecule has 0 unspecified atom stereocenters. The number of amides is 1. The number of nitrogens with zero attached hydrogens (tertiary/aromatic N) is 2. The lowest BCUT2D eigenvalue weighted by Crippen LogP contribution is -2.41. The van der Waals surface area contributed by atoms with E-state index in [0.717, 1.165) is 5.56 Å². The molecule has 1 amide bonds. The lowest BCUT2D eigenvalue weighted by atomic mass is 10.0. The van der Waals surface area contributed by atoms with Crippen LogP contribution in [0.25, 0.3) is 11.3 Å². The summed E-state index contributed by atoms with van der Waals surface area (Å²) < 4.78 is 2.13. The van der Waals surface area contributed by atoms with E-state index in [2.05, 4.69) is 16.5 Å². The standard InChI is InChI=1S/C19H20Cl2N4OS/c1-11-4-3-5-12(6-11)7-13(9-22)24-19(26)16-8-14(18(21)27-16)17-15(20)10-23-25(17)2/h3-6,8,10,13H,7,9,22H2,1-2H3,(H,24,26)/t13-/m0/s1. The minimum Gasteiger partial charge on any atom is -0.347 e. The van der Waals surface area contributed by atoms with E-state index >= 15 is 0 Å². The van der Waals surface area contributed by atoms with Crippen molar-refractivity contribution in [2.45, 2.75) is 19.4 Å². The van der Waals surface area contributed by atoms with Gasteiger partial charge < -0.3 is 11.1 Å². The van der Waals surface area contributed by atoms with Crippen LogP contribution in [0.5, 0.6) is 0 Å². The first kappa shape index (κ1) is 19.9. The van der Waals surface area contributed by atoms with Gasteiger partial charge in [0.2, 0.25) is 0 Å². The molecular formula is C19H20Cl2N4OS. The molecule has 0 saturated carbocycles. The summed E-state index contributed by atoms with van der Waals surface area (Å²) in [5, 5.41) is 7.60. The molecular weight excluding hydrogens is 403 g/mol. The molecule has 27 heavy (non-hydrogen) atoms. The van der Waals surface area contributed by atoms with Crippen LogP contribution in [-0.4, -0.2) is 28.3 Å². The van der Waals surface area contributed by atoms with E-state index in [1.807, 2.05) is 25.1 Å². The van der Waals surface area contributed by atoms with Crippen LogP contribution in [0.3, 0.4) is 0 Å². The van der Waals surface area contributed by atoms with Crippen molar-refractivity contribution in [3.63, 3.8) is 0 Å². The molecule has 1 atom stereocenters. The van der Waals surface area contributed by atoms with Crippen LogP contribution in [0.1, 0.15) is 20.8 Å². The molecule has 0 aliphatic rings. The highest BCUT2D eigenvalue weighted by atomic mass is 35.5. The summed E-state index contributed by atoms with van der Waals surface area (Å²) in [6.45, 7) is 2.39. The van der Waals surface area contributed by atoms with Gasteiger partial charge >= 0.3 is 0 Å². The van der Waals surface area contributed by atoms with Crippen LogP contribution in [0.15, 0.2) is 36.5 Å². The number of aryl methyl sites for hydroxylation is 2. The van der Waals surface area contributed by atoms with Crippen LogP contribution in [0, 0.1) is 6.92 Å². The number of aromatic nitrogens is 2. The second kappa shape index (κ2) is 8.44. The van der Waals surface area contributed by atoms with Gasteiger partial charge in [0.05, 0.1) is 21.8 Å². The highest BCUT2D eigenvalue weighted by Crippen LogP contribution is 2.38. The summed E-state index contributed by atoms with van der Waals surface area (Å²) in [6, 6.07) is 9.75. The van der Waals surface area contributed by atoms with Gasteiger partial charge in [-0.05, 0) is 25.0 Å². The summed E-state index contributed by atoms with van der Waals surface area (Å²) in [4.78, 5) is 13.2. The Hall–Kier alpha value is -1.86. The van der Waals surface area contributed by atoms with E-state index in [4.69, 9.17) is 28.9 Å². The van der Waals surface area contributed by atoms with Gasteiger partial charge in [-0.2, -0.15) is 5.10 Å². The predicted molar refractivity (Wildman–Crippen MR) is 112 cm³/mol. The van der Waals surface area contributed by atoms with Gasteiger partial charge in [0.1, 0.15) is 4.34 Å². The zero-order valence-corrected chi connectivity index (χ0v) is 17.3. The van der Waals surface area contributed by atoms with Crippen LogP contribution < -0.4 is 11.1 Å². The van der Waals surface area contributed by atoms with E-state index in [1.165, 1.54) is 16.9 Å². The second-order valence-electron chi connectivity index (χ2n) is 6.36. The molecule has 3 N–H and O–H groups in total. The normalized spacial score (nSPS) is 12.2. The van der Waals surface area contributed by atoms with Gasteiger partial charge in [0, 0.05) is 25.2 Å². The van der Waals surface area contributed by atoms with Crippen molar-refractivity contribution in [2.75, 3.05) is 6.54 Å². The molecule has 1 aromatic carbocycles. The summed E-state index contributed by atoms with van der Waals surface area (Å²) in [5.41, 5.74) is 9.57. The molecule has 2 heterocycles. The summed E-state index contributed by atoms with van der Waals surface area (Å²) in [7, 11) is 1.78. The molecule has 0 spiro atoms. The fourth-order valence-electron chi connectivity index (χ4n) is 2.93. The van der Waals surface area contributed by atoms with E-state index in [1.54, 1.807) is 24.0 Å². The molecule has 3 aromatic rings. The Balaban J connectivity index is 1.76. The maximum absolute atomic E-state index is 12.7. The fraction of sp³-hybridized carbons (Fsp3) is 0.263. The topological polar surface area (TPSA) is 72.9 Å². The number of nitrogens with one attached hydrogen (secondary N) is 1. The minimum absolute atomic E-state index is 0.163. The van der Waals surface area contributed by atoms with Crippen molar-refractivity contribution < 1.29 is 4.79 Å². The summed E-state index contributed by atoms with van der Waals surface area (Å²) in [5.74, 6) is -0.199. The molecule has 142 valence electrons. The lowest BCUT2D eigenvalue weighted by Gasteiger charge is -2.16. The average molecular weight is 423 g/mol. The monoisotopic (exact) mass is 422 g/mol. The van der Waals surface area contributed by atoms with Crippen LogP contribution in [0.2, 0.25) is 9.36 Å². The van der Waals surface area contributed by atoms with Gasteiger partial charge in [-0.15, -0.1) is 11.3 Å².